The van der Waals surface area contributed by atoms with Crippen LogP contribution in [0.1, 0.15) is 12.5 Å². The summed E-state index contributed by atoms with van der Waals surface area (Å²) in [4.78, 5) is 27.4. The molecule has 1 amide bonds. The number of carbonyl (C=O) groups excluding carboxylic acids is 1. The summed E-state index contributed by atoms with van der Waals surface area (Å²) < 4.78 is 17.1. The maximum atomic E-state index is 12.7. The van der Waals surface area contributed by atoms with Gasteiger partial charge in [0.1, 0.15) is 23.6 Å². The van der Waals surface area contributed by atoms with Gasteiger partial charge >= 0.3 is 0 Å². The Morgan fingerprint density at radius 2 is 1.92 bits per heavy atom. The van der Waals surface area contributed by atoms with E-state index in [0.717, 1.165) is 11.3 Å². The molecule has 2 aromatic heterocycles. The van der Waals surface area contributed by atoms with E-state index in [2.05, 4.69) is 20.3 Å². The summed E-state index contributed by atoms with van der Waals surface area (Å²) >= 11 is 0. The molecule has 0 aliphatic heterocycles. The second-order valence-corrected chi connectivity index (χ2v) is 8.26. The van der Waals surface area contributed by atoms with Crippen molar-refractivity contribution >= 4 is 28.3 Å². The van der Waals surface area contributed by atoms with Crippen molar-refractivity contribution in [3.63, 3.8) is 0 Å². The van der Waals surface area contributed by atoms with Crippen LogP contribution in [-0.4, -0.2) is 59.2 Å². The minimum atomic E-state index is -0.698. The Balaban J connectivity index is 1.57. The van der Waals surface area contributed by atoms with E-state index in [9.17, 15) is 4.79 Å². The lowest BCUT2D eigenvalue weighted by atomic mass is 10.1. The molecule has 2 heterocycles. The molecule has 9 heteroatoms. The number of amides is 1. The maximum Gasteiger partial charge on any atom is 0.263 e. The molecule has 1 N–H and O–H groups in total. The Hall–Kier alpha value is -4.24. The van der Waals surface area contributed by atoms with Gasteiger partial charge in [-0.15, -0.1) is 0 Å². The highest BCUT2D eigenvalue weighted by Crippen LogP contribution is 2.33. The molecular weight excluding hydrogens is 458 g/mol. The molecule has 0 bridgehead atoms. The van der Waals surface area contributed by atoms with Gasteiger partial charge < -0.3 is 24.4 Å². The Kier molecular flexibility index (Phi) is 7.92. The van der Waals surface area contributed by atoms with Gasteiger partial charge in [0, 0.05) is 38.7 Å². The Bertz CT molecular complexity index is 1330. The number of hydrogen-bond acceptors (Lipinski definition) is 8. The van der Waals surface area contributed by atoms with E-state index in [0.29, 0.717) is 47.3 Å². The largest absolute Gasteiger partial charge is 0.480 e. The molecule has 36 heavy (non-hydrogen) atoms. The van der Waals surface area contributed by atoms with Gasteiger partial charge in [-0.05, 0) is 55.8 Å². The van der Waals surface area contributed by atoms with Crippen molar-refractivity contribution in [2.45, 2.75) is 20.0 Å². The van der Waals surface area contributed by atoms with Crippen molar-refractivity contribution in [1.29, 1.82) is 0 Å². The number of rotatable bonds is 10. The zero-order chi connectivity index (χ0) is 25.5. The molecule has 0 aliphatic rings. The van der Waals surface area contributed by atoms with Gasteiger partial charge in [-0.2, -0.15) is 0 Å². The van der Waals surface area contributed by atoms with E-state index < -0.39 is 6.10 Å². The smallest absolute Gasteiger partial charge is 0.263 e. The SMILES string of the molecule is COCCN(C)C(=O)[C@@H](C)Oc1cccc2ncnc(Nc3ccc(Oc4ccccn4)c(C)c3)c12. The van der Waals surface area contributed by atoms with Crippen molar-refractivity contribution in [1.82, 2.24) is 19.9 Å². The first kappa shape index (κ1) is 24.9. The molecule has 2 aromatic carbocycles. The van der Waals surface area contributed by atoms with Crippen LogP contribution in [-0.2, 0) is 9.53 Å². The number of aromatic nitrogens is 3. The van der Waals surface area contributed by atoms with Gasteiger partial charge in [0.25, 0.3) is 5.91 Å². The van der Waals surface area contributed by atoms with Crippen LogP contribution in [0.2, 0.25) is 0 Å². The molecular formula is C27H29N5O4. The van der Waals surface area contributed by atoms with Gasteiger partial charge in [0.05, 0.1) is 17.5 Å². The highest BCUT2D eigenvalue weighted by atomic mass is 16.5. The number of likely N-dealkylation sites (N-methyl/N-ethyl adjacent to an activating group) is 1. The van der Waals surface area contributed by atoms with Gasteiger partial charge in [0.2, 0.25) is 5.88 Å². The molecule has 9 nitrogen and oxygen atoms in total. The molecule has 186 valence electrons. The first-order chi connectivity index (χ1) is 17.5. The quantitative estimate of drug-likeness (QED) is 0.342. The molecule has 0 saturated heterocycles. The number of methoxy groups -OCH3 is 1. The number of aryl methyl sites for hydroxylation is 1. The predicted molar refractivity (Wildman–Crippen MR) is 138 cm³/mol. The number of nitrogens with one attached hydrogen (secondary N) is 1. The van der Waals surface area contributed by atoms with Crippen LogP contribution < -0.4 is 14.8 Å². The molecule has 0 aliphatic carbocycles. The lowest BCUT2D eigenvalue weighted by Gasteiger charge is -2.22. The Morgan fingerprint density at radius 1 is 1.06 bits per heavy atom. The van der Waals surface area contributed by atoms with E-state index in [1.165, 1.54) is 6.33 Å². The standard InChI is InChI=1S/C27H29N5O4/c1-18-16-20(11-12-22(18)36-24-10-5-6-13-28-24)31-26-25-21(29-17-30-26)8-7-9-23(25)35-19(2)27(33)32(3)14-15-34-4/h5-13,16-17,19H,14-15H2,1-4H3,(H,29,30,31)/t19-/m1/s1. The van der Waals surface area contributed by atoms with E-state index in [-0.39, 0.29) is 5.91 Å². The lowest BCUT2D eigenvalue weighted by Crippen LogP contribution is -2.39. The maximum absolute atomic E-state index is 12.7. The lowest BCUT2D eigenvalue weighted by molar-refractivity contribution is -0.137. The molecule has 1 atom stereocenters. The molecule has 0 spiro atoms. The highest BCUT2D eigenvalue weighted by Gasteiger charge is 2.21. The Morgan fingerprint density at radius 3 is 2.67 bits per heavy atom. The van der Waals surface area contributed by atoms with E-state index in [1.807, 2.05) is 55.5 Å². The number of anilines is 2. The molecule has 0 saturated carbocycles. The monoisotopic (exact) mass is 487 g/mol. The number of carbonyl (C=O) groups is 1. The first-order valence-corrected chi connectivity index (χ1v) is 11.6. The number of fused-ring (bicyclic) bond motifs is 1. The summed E-state index contributed by atoms with van der Waals surface area (Å²) in [5, 5.41) is 4.04. The van der Waals surface area contributed by atoms with Gasteiger partial charge in [0.15, 0.2) is 6.10 Å². The summed E-state index contributed by atoms with van der Waals surface area (Å²) in [6.45, 7) is 4.62. The second kappa shape index (κ2) is 11.5. The molecule has 0 radical (unpaired) electrons. The van der Waals surface area contributed by atoms with E-state index in [1.54, 1.807) is 38.2 Å². The average Bonchev–Trinajstić information content (AvgIpc) is 2.89. The van der Waals surface area contributed by atoms with Gasteiger partial charge in [-0.1, -0.05) is 12.1 Å². The van der Waals surface area contributed by atoms with Crippen molar-refractivity contribution in [3.05, 3.63) is 72.7 Å². The van der Waals surface area contributed by atoms with Crippen LogP contribution in [0.5, 0.6) is 17.4 Å². The van der Waals surface area contributed by atoms with Crippen LogP contribution in [0, 0.1) is 6.92 Å². The van der Waals surface area contributed by atoms with E-state index in [4.69, 9.17) is 14.2 Å². The first-order valence-electron chi connectivity index (χ1n) is 11.6. The van der Waals surface area contributed by atoms with Crippen LogP contribution in [0.15, 0.2) is 67.1 Å². The molecule has 4 rings (SSSR count). The van der Waals surface area contributed by atoms with E-state index >= 15 is 0 Å². The third kappa shape index (κ3) is 5.87. The fourth-order valence-corrected chi connectivity index (χ4v) is 3.66. The van der Waals surface area contributed by atoms with Crippen molar-refractivity contribution in [3.8, 4) is 17.4 Å². The minimum absolute atomic E-state index is 0.144. The van der Waals surface area contributed by atoms with Gasteiger partial charge in [-0.25, -0.2) is 15.0 Å². The third-order valence-electron chi connectivity index (χ3n) is 5.57. The molecule has 0 fully saturated rings. The zero-order valence-corrected chi connectivity index (χ0v) is 20.8. The normalized spacial score (nSPS) is 11.7. The van der Waals surface area contributed by atoms with Crippen LogP contribution >= 0.6 is 0 Å². The van der Waals surface area contributed by atoms with Crippen molar-refractivity contribution < 1.29 is 19.0 Å². The molecule has 0 unspecified atom stereocenters. The summed E-state index contributed by atoms with van der Waals surface area (Å²) in [5.41, 5.74) is 2.45. The molecule has 4 aromatic rings. The number of benzene rings is 2. The second-order valence-electron chi connectivity index (χ2n) is 8.26. The van der Waals surface area contributed by atoms with Crippen LogP contribution in [0.25, 0.3) is 10.9 Å². The zero-order valence-electron chi connectivity index (χ0n) is 20.8. The van der Waals surface area contributed by atoms with Gasteiger partial charge in [-0.3, -0.25) is 4.79 Å². The number of ether oxygens (including phenoxy) is 3. The number of hydrogen-bond donors (Lipinski definition) is 1. The van der Waals surface area contributed by atoms with Crippen LogP contribution in [0.3, 0.4) is 0 Å². The summed E-state index contributed by atoms with van der Waals surface area (Å²) in [6, 6.07) is 16.8. The minimum Gasteiger partial charge on any atom is -0.480 e. The Labute approximate surface area is 210 Å². The number of pyridine rings is 1. The fraction of sp³-hybridized carbons (Fsp3) is 0.259. The topological polar surface area (TPSA) is 98.7 Å². The summed E-state index contributed by atoms with van der Waals surface area (Å²) in [5.74, 6) is 2.18. The average molecular weight is 488 g/mol. The highest BCUT2D eigenvalue weighted by molar-refractivity contribution is 5.96. The van der Waals surface area contributed by atoms with Crippen molar-refractivity contribution in [2.24, 2.45) is 0 Å². The van der Waals surface area contributed by atoms with Crippen LogP contribution in [0.4, 0.5) is 11.5 Å². The number of nitrogens with zero attached hydrogens (tertiary/aromatic N) is 4. The summed E-state index contributed by atoms with van der Waals surface area (Å²) in [7, 11) is 3.33. The van der Waals surface area contributed by atoms with Crippen molar-refractivity contribution in [2.75, 3.05) is 32.6 Å². The third-order valence-corrected chi connectivity index (χ3v) is 5.57. The summed E-state index contributed by atoms with van der Waals surface area (Å²) in [6.07, 6.45) is 2.48. The predicted octanol–water partition coefficient (Wildman–Crippen LogP) is 4.74. The fourth-order valence-electron chi connectivity index (χ4n) is 3.66.